The molecule has 0 bridgehead atoms. The van der Waals surface area contributed by atoms with Gasteiger partial charge in [-0.05, 0) is 0 Å². The van der Waals surface area contributed by atoms with Gasteiger partial charge in [-0.2, -0.15) is 22.0 Å². The average Bonchev–Trinajstić information content (AvgIpc) is 2.33. The highest BCUT2D eigenvalue weighted by molar-refractivity contribution is 5.82. The number of hydrogen-bond donors (Lipinski definition) is 1. The SMILES string of the molecule is NC1=NCC(C(F)(F)C(F)(F)F)C1. The Hall–Kier alpha value is -0.880. The maximum Gasteiger partial charge on any atom is 0.453 e. The molecule has 0 amide bonds. The second-order valence-electron chi connectivity index (χ2n) is 2.85. The lowest BCUT2D eigenvalue weighted by atomic mass is 9.99. The highest BCUT2D eigenvalue weighted by atomic mass is 19.4. The quantitative estimate of drug-likeness (QED) is 0.644. The molecule has 0 aliphatic carbocycles. The van der Waals surface area contributed by atoms with Crippen LogP contribution in [0.3, 0.4) is 0 Å². The van der Waals surface area contributed by atoms with Crippen LogP contribution in [0.2, 0.25) is 0 Å². The van der Waals surface area contributed by atoms with E-state index in [-0.39, 0.29) is 5.84 Å². The first-order valence-electron chi connectivity index (χ1n) is 3.48. The minimum Gasteiger partial charge on any atom is -0.387 e. The van der Waals surface area contributed by atoms with Crippen molar-refractivity contribution < 1.29 is 22.0 Å². The standard InChI is InChI=1S/C6H7F5N2/c7-5(8,6(9,10)11)3-1-4(12)13-2-3/h3H,1-2H2,(H2,12,13). The second-order valence-corrected chi connectivity index (χ2v) is 2.85. The predicted molar refractivity (Wildman–Crippen MR) is 35.6 cm³/mol. The van der Waals surface area contributed by atoms with Crippen LogP contribution in [0.25, 0.3) is 0 Å². The van der Waals surface area contributed by atoms with E-state index in [1.165, 1.54) is 0 Å². The Kier molecular flexibility index (Phi) is 2.21. The second kappa shape index (κ2) is 2.81. The molecule has 76 valence electrons. The Bertz CT molecular complexity index is 232. The molecule has 1 unspecified atom stereocenters. The van der Waals surface area contributed by atoms with E-state index < -0.39 is 31.0 Å². The molecule has 2 N–H and O–H groups in total. The van der Waals surface area contributed by atoms with Crippen molar-refractivity contribution in [2.24, 2.45) is 16.6 Å². The van der Waals surface area contributed by atoms with Crippen molar-refractivity contribution >= 4 is 5.84 Å². The van der Waals surface area contributed by atoms with Crippen LogP contribution in [0.5, 0.6) is 0 Å². The molecule has 7 heteroatoms. The normalized spacial score (nSPS) is 24.7. The van der Waals surface area contributed by atoms with Crippen molar-refractivity contribution in [1.29, 1.82) is 0 Å². The first-order valence-corrected chi connectivity index (χ1v) is 3.48. The number of aliphatic imine (C=N–C) groups is 1. The molecule has 0 saturated heterocycles. The third kappa shape index (κ3) is 1.73. The van der Waals surface area contributed by atoms with Gasteiger partial charge in [-0.3, -0.25) is 4.99 Å². The van der Waals surface area contributed by atoms with E-state index in [2.05, 4.69) is 4.99 Å². The number of amidine groups is 1. The molecule has 0 aromatic heterocycles. The van der Waals surface area contributed by atoms with Crippen molar-refractivity contribution in [3.8, 4) is 0 Å². The fourth-order valence-corrected chi connectivity index (χ4v) is 1.08. The Morgan fingerprint density at radius 2 is 1.77 bits per heavy atom. The van der Waals surface area contributed by atoms with Gasteiger partial charge in [0, 0.05) is 6.42 Å². The Balaban J connectivity index is 2.73. The summed E-state index contributed by atoms with van der Waals surface area (Å²) in [6.07, 6.45) is -6.01. The Labute approximate surface area is 70.6 Å². The molecule has 13 heavy (non-hydrogen) atoms. The summed E-state index contributed by atoms with van der Waals surface area (Å²) in [5.74, 6) is -6.68. The summed E-state index contributed by atoms with van der Waals surface area (Å²) in [7, 11) is 0. The van der Waals surface area contributed by atoms with Gasteiger partial charge in [0.15, 0.2) is 0 Å². The van der Waals surface area contributed by atoms with Gasteiger partial charge in [-0.1, -0.05) is 0 Å². The molecule has 1 heterocycles. The maximum atomic E-state index is 12.6. The lowest BCUT2D eigenvalue weighted by Gasteiger charge is -2.24. The van der Waals surface area contributed by atoms with Gasteiger partial charge >= 0.3 is 12.1 Å². The molecule has 0 spiro atoms. The molecule has 1 aliphatic rings. The Morgan fingerprint density at radius 1 is 1.23 bits per heavy atom. The fourth-order valence-electron chi connectivity index (χ4n) is 1.08. The lowest BCUT2D eigenvalue weighted by Crippen LogP contribution is -2.44. The van der Waals surface area contributed by atoms with Crippen LogP contribution in [0, 0.1) is 5.92 Å². The number of rotatable bonds is 1. The summed E-state index contributed by atoms with van der Waals surface area (Å²) in [6.45, 7) is -0.557. The summed E-state index contributed by atoms with van der Waals surface area (Å²) in [5.41, 5.74) is 5.01. The molecule has 0 fully saturated rings. The molecular formula is C6H7F5N2. The molecule has 1 rings (SSSR count). The van der Waals surface area contributed by atoms with Gasteiger partial charge in [-0.15, -0.1) is 0 Å². The van der Waals surface area contributed by atoms with Gasteiger partial charge in [0.2, 0.25) is 0 Å². The van der Waals surface area contributed by atoms with Crippen molar-refractivity contribution in [3.05, 3.63) is 0 Å². The largest absolute Gasteiger partial charge is 0.453 e. The smallest absolute Gasteiger partial charge is 0.387 e. The number of hydrogen-bond acceptors (Lipinski definition) is 2. The van der Waals surface area contributed by atoms with Gasteiger partial charge in [0.1, 0.15) is 0 Å². The number of alkyl halides is 5. The summed E-state index contributed by atoms with van der Waals surface area (Å²) >= 11 is 0. The van der Waals surface area contributed by atoms with Crippen molar-refractivity contribution in [2.45, 2.75) is 18.5 Å². The first kappa shape index (κ1) is 10.2. The highest BCUT2D eigenvalue weighted by Crippen LogP contribution is 2.43. The number of halogens is 5. The summed E-state index contributed by atoms with van der Waals surface area (Å²) in [4.78, 5) is 3.31. The van der Waals surface area contributed by atoms with Crippen LogP contribution in [-0.4, -0.2) is 24.5 Å². The van der Waals surface area contributed by atoms with Crippen LogP contribution in [0.1, 0.15) is 6.42 Å². The van der Waals surface area contributed by atoms with E-state index in [9.17, 15) is 22.0 Å². The minimum absolute atomic E-state index is 0.145. The van der Waals surface area contributed by atoms with Crippen LogP contribution < -0.4 is 5.73 Å². The molecular weight excluding hydrogens is 195 g/mol. The third-order valence-electron chi connectivity index (χ3n) is 1.86. The molecule has 1 aliphatic heterocycles. The Morgan fingerprint density at radius 3 is 2.08 bits per heavy atom. The molecule has 0 aromatic rings. The average molecular weight is 202 g/mol. The van der Waals surface area contributed by atoms with E-state index in [0.29, 0.717) is 0 Å². The third-order valence-corrected chi connectivity index (χ3v) is 1.86. The minimum atomic E-state index is -5.52. The van der Waals surface area contributed by atoms with E-state index in [0.717, 1.165) is 0 Å². The molecule has 1 atom stereocenters. The van der Waals surface area contributed by atoms with Gasteiger partial charge in [-0.25, -0.2) is 0 Å². The van der Waals surface area contributed by atoms with E-state index in [4.69, 9.17) is 5.73 Å². The molecule has 0 radical (unpaired) electrons. The number of nitrogens with zero attached hydrogens (tertiary/aromatic N) is 1. The zero-order valence-electron chi connectivity index (χ0n) is 6.41. The van der Waals surface area contributed by atoms with Crippen LogP contribution in [0.4, 0.5) is 22.0 Å². The first-order chi connectivity index (χ1) is 5.75. The lowest BCUT2D eigenvalue weighted by molar-refractivity contribution is -0.299. The van der Waals surface area contributed by atoms with E-state index in [1.54, 1.807) is 0 Å². The van der Waals surface area contributed by atoms with Crippen molar-refractivity contribution in [1.82, 2.24) is 0 Å². The van der Waals surface area contributed by atoms with Gasteiger partial charge < -0.3 is 5.73 Å². The van der Waals surface area contributed by atoms with Crippen LogP contribution in [0.15, 0.2) is 4.99 Å². The molecule has 0 aromatic carbocycles. The van der Waals surface area contributed by atoms with Gasteiger partial charge in [0.05, 0.1) is 18.3 Å². The zero-order chi connectivity index (χ0) is 10.3. The summed E-state index contributed by atoms with van der Waals surface area (Å²) in [6, 6.07) is 0. The van der Waals surface area contributed by atoms with Crippen LogP contribution in [-0.2, 0) is 0 Å². The fraction of sp³-hybridized carbons (Fsp3) is 0.833. The van der Waals surface area contributed by atoms with E-state index in [1.807, 2.05) is 0 Å². The topological polar surface area (TPSA) is 38.4 Å². The van der Waals surface area contributed by atoms with Gasteiger partial charge in [0.25, 0.3) is 0 Å². The van der Waals surface area contributed by atoms with E-state index >= 15 is 0 Å². The van der Waals surface area contributed by atoms with Crippen molar-refractivity contribution in [2.75, 3.05) is 6.54 Å². The molecule has 0 saturated carbocycles. The monoisotopic (exact) mass is 202 g/mol. The predicted octanol–water partition coefficient (Wildman–Crippen LogP) is 1.56. The highest BCUT2D eigenvalue weighted by Gasteiger charge is 2.62. The summed E-state index contributed by atoms with van der Waals surface area (Å²) in [5, 5.41) is 0. The zero-order valence-corrected chi connectivity index (χ0v) is 6.41. The number of nitrogens with two attached hydrogens (primary N) is 1. The maximum absolute atomic E-state index is 12.6. The molecule has 2 nitrogen and oxygen atoms in total. The van der Waals surface area contributed by atoms with Crippen molar-refractivity contribution in [3.63, 3.8) is 0 Å². The van der Waals surface area contributed by atoms with Crippen LogP contribution >= 0.6 is 0 Å². The summed E-state index contributed by atoms with van der Waals surface area (Å²) < 4.78 is 60.4.